The Kier molecular flexibility index (Phi) is 6.20. The highest BCUT2D eigenvalue weighted by Gasteiger charge is 2.30. The molecule has 1 atom stereocenters. The lowest BCUT2D eigenvalue weighted by Crippen LogP contribution is -2.26. The maximum Gasteiger partial charge on any atom is 0.223 e. The Labute approximate surface area is 175 Å². The van der Waals surface area contributed by atoms with Gasteiger partial charge in [-0.25, -0.2) is 0 Å². The molecule has 2 aromatic carbocycles. The van der Waals surface area contributed by atoms with E-state index >= 15 is 0 Å². The van der Waals surface area contributed by atoms with Crippen LogP contribution in [0.3, 0.4) is 0 Å². The molecule has 7 nitrogen and oxygen atoms in total. The molecule has 1 amide bonds. The van der Waals surface area contributed by atoms with E-state index in [-0.39, 0.29) is 23.1 Å². The normalized spacial score (nSPS) is 14.7. The summed E-state index contributed by atoms with van der Waals surface area (Å²) in [7, 11) is 6.17. The third-order valence-corrected chi connectivity index (χ3v) is 5.40. The Balaban J connectivity index is 2.48. The molecule has 160 valence electrons. The third-order valence-electron chi connectivity index (χ3n) is 5.40. The molecule has 1 aliphatic carbocycles. The fourth-order valence-electron chi connectivity index (χ4n) is 4.05. The van der Waals surface area contributed by atoms with Gasteiger partial charge in [0.05, 0.1) is 34.5 Å². The van der Waals surface area contributed by atoms with Crippen molar-refractivity contribution in [3.63, 3.8) is 0 Å². The molecule has 0 saturated carbocycles. The third kappa shape index (κ3) is 3.67. The Morgan fingerprint density at radius 1 is 0.967 bits per heavy atom. The Bertz CT molecular complexity index is 1050. The number of nitrogens with one attached hydrogen (secondary N) is 1. The monoisotopic (exact) mass is 413 g/mol. The van der Waals surface area contributed by atoms with Crippen LogP contribution in [-0.2, 0) is 11.2 Å². The molecule has 0 saturated heterocycles. The van der Waals surface area contributed by atoms with Crippen LogP contribution in [0.2, 0.25) is 0 Å². The maximum atomic E-state index is 12.8. The van der Waals surface area contributed by atoms with Crippen molar-refractivity contribution >= 4 is 5.91 Å². The number of hydrogen-bond acceptors (Lipinski definition) is 6. The largest absolute Gasteiger partial charge is 0.493 e. The number of fused-ring (bicyclic) bond motifs is 3. The van der Waals surface area contributed by atoms with Crippen LogP contribution in [0.1, 0.15) is 36.1 Å². The van der Waals surface area contributed by atoms with Gasteiger partial charge in [0.25, 0.3) is 0 Å². The van der Waals surface area contributed by atoms with E-state index in [0.717, 1.165) is 22.3 Å². The predicted molar refractivity (Wildman–Crippen MR) is 114 cm³/mol. The highest BCUT2D eigenvalue weighted by atomic mass is 16.5. The molecule has 7 heteroatoms. The molecule has 1 aliphatic rings. The summed E-state index contributed by atoms with van der Waals surface area (Å²) in [5.74, 6) is 1.64. The molecular formula is C23H27NO6. The van der Waals surface area contributed by atoms with Gasteiger partial charge in [0.2, 0.25) is 17.1 Å². The van der Waals surface area contributed by atoms with Gasteiger partial charge in [-0.3, -0.25) is 9.59 Å². The van der Waals surface area contributed by atoms with Crippen LogP contribution in [0.15, 0.2) is 23.0 Å². The molecule has 2 aromatic rings. The molecular weight excluding hydrogens is 386 g/mol. The predicted octanol–water partition coefficient (Wildman–Crippen LogP) is 3.18. The number of hydrogen-bond donors (Lipinski definition) is 1. The minimum absolute atomic E-state index is 0.149. The molecule has 0 fully saturated rings. The first-order valence-electron chi connectivity index (χ1n) is 9.68. The minimum atomic E-state index is -0.299. The Hall–Kier alpha value is -3.22. The lowest BCUT2D eigenvalue weighted by atomic mass is 9.95. The second-order valence-electron chi connectivity index (χ2n) is 7.21. The summed E-state index contributed by atoms with van der Waals surface area (Å²) < 4.78 is 22.2. The van der Waals surface area contributed by atoms with Gasteiger partial charge in [0.1, 0.15) is 0 Å². The van der Waals surface area contributed by atoms with Crippen molar-refractivity contribution in [1.82, 2.24) is 5.32 Å². The van der Waals surface area contributed by atoms with E-state index in [9.17, 15) is 9.59 Å². The first-order chi connectivity index (χ1) is 14.4. The highest BCUT2D eigenvalue weighted by Crippen LogP contribution is 2.50. The van der Waals surface area contributed by atoms with E-state index in [0.29, 0.717) is 35.7 Å². The van der Waals surface area contributed by atoms with Gasteiger partial charge in [-0.2, -0.15) is 0 Å². The van der Waals surface area contributed by atoms with Crippen LogP contribution in [0, 0.1) is 6.92 Å². The van der Waals surface area contributed by atoms with Crippen LogP contribution in [-0.4, -0.2) is 34.3 Å². The van der Waals surface area contributed by atoms with Crippen LogP contribution >= 0.6 is 0 Å². The molecule has 0 bridgehead atoms. The quantitative estimate of drug-likeness (QED) is 0.811. The zero-order valence-electron chi connectivity index (χ0n) is 18.2. The maximum absolute atomic E-state index is 12.8. The zero-order valence-corrected chi connectivity index (χ0v) is 18.2. The Morgan fingerprint density at radius 3 is 2.20 bits per heavy atom. The van der Waals surface area contributed by atoms with Gasteiger partial charge in [0, 0.05) is 18.1 Å². The summed E-state index contributed by atoms with van der Waals surface area (Å²) in [6.45, 7) is 3.23. The van der Waals surface area contributed by atoms with Gasteiger partial charge >= 0.3 is 0 Å². The molecule has 1 N–H and O–H groups in total. The van der Waals surface area contributed by atoms with Gasteiger partial charge in [-0.15, -0.1) is 0 Å². The number of benzene rings is 1. The molecule has 0 heterocycles. The summed E-state index contributed by atoms with van der Waals surface area (Å²) in [6, 6.07) is 5.17. The molecule has 0 aliphatic heterocycles. The number of rotatable bonds is 5. The summed E-state index contributed by atoms with van der Waals surface area (Å²) in [6.07, 6.45) is 1.31. The number of aryl methyl sites for hydroxylation is 2. The number of amides is 1. The van der Waals surface area contributed by atoms with Gasteiger partial charge < -0.3 is 24.3 Å². The smallest absolute Gasteiger partial charge is 0.223 e. The standard InChI is InChI=1S/C23H27NO6/c1-12-9-16-15(11-18(27-3)21(12)26)17(24-13(2)25)8-7-14-10-19(28-4)22(29-5)23(30-6)20(14)16/h9-11,17H,7-8H2,1-6H3,(H,24,25)/t17-/m0/s1. The molecule has 0 unspecified atom stereocenters. The van der Waals surface area contributed by atoms with Crippen LogP contribution in [0.5, 0.6) is 23.0 Å². The summed E-state index contributed by atoms with van der Waals surface area (Å²) in [5, 5.41) is 3.01. The van der Waals surface area contributed by atoms with Crippen molar-refractivity contribution in [1.29, 1.82) is 0 Å². The number of carbonyl (C=O) groups is 1. The van der Waals surface area contributed by atoms with E-state index < -0.39 is 0 Å². The van der Waals surface area contributed by atoms with E-state index in [1.54, 1.807) is 34.3 Å². The van der Waals surface area contributed by atoms with Crippen molar-refractivity contribution in [3.8, 4) is 34.1 Å². The van der Waals surface area contributed by atoms with Gasteiger partial charge in [0.15, 0.2) is 17.2 Å². The highest BCUT2D eigenvalue weighted by molar-refractivity contribution is 5.84. The van der Waals surface area contributed by atoms with Crippen LogP contribution in [0.4, 0.5) is 0 Å². The van der Waals surface area contributed by atoms with E-state index in [1.165, 1.54) is 14.0 Å². The lowest BCUT2D eigenvalue weighted by molar-refractivity contribution is -0.119. The van der Waals surface area contributed by atoms with Crippen molar-refractivity contribution in [2.45, 2.75) is 32.7 Å². The lowest BCUT2D eigenvalue weighted by Gasteiger charge is -2.20. The SMILES string of the molecule is COc1cc2c(c(OC)c1OC)-c1cc(C)c(=O)c(OC)cc1[C@@H](NC(C)=O)CC2. The first-order valence-corrected chi connectivity index (χ1v) is 9.68. The molecule has 0 spiro atoms. The number of ether oxygens (including phenoxy) is 4. The van der Waals surface area contributed by atoms with Crippen molar-refractivity contribution < 1.29 is 23.7 Å². The summed E-state index contributed by atoms with van der Waals surface area (Å²) >= 11 is 0. The first kappa shape index (κ1) is 21.5. The van der Waals surface area contributed by atoms with E-state index in [1.807, 2.05) is 12.1 Å². The van der Waals surface area contributed by atoms with E-state index in [2.05, 4.69) is 5.32 Å². The van der Waals surface area contributed by atoms with Crippen LogP contribution < -0.4 is 29.7 Å². The minimum Gasteiger partial charge on any atom is -0.493 e. The van der Waals surface area contributed by atoms with Crippen molar-refractivity contribution in [2.75, 3.05) is 28.4 Å². The topological polar surface area (TPSA) is 83.1 Å². The van der Waals surface area contributed by atoms with Gasteiger partial charge in [-0.1, -0.05) is 0 Å². The fourth-order valence-corrected chi connectivity index (χ4v) is 4.05. The molecule has 0 radical (unpaired) electrons. The zero-order chi connectivity index (χ0) is 22.0. The van der Waals surface area contributed by atoms with Crippen LogP contribution in [0.25, 0.3) is 11.1 Å². The number of carbonyl (C=O) groups excluding carboxylic acids is 1. The molecule has 0 aromatic heterocycles. The Morgan fingerprint density at radius 2 is 1.63 bits per heavy atom. The second kappa shape index (κ2) is 8.65. The van der Waals surface area contributed by atoms with Crippen molar-refractivity contribution in [2.24, 2.45) is 0 Å². The fraction of sp³-hybridized carbons (Fsp3) is 0.391. The average molecular weight is 413 g/mol. The van der Waals surface area contributed by atoms with Gasteiger partial charge in [-0.05, 0) is 54.7 Å². The molecule has 3 rings (SSSR count). The molecule has 30 heavy (non-hydrogen) atoms. The second-order valence-corrected chi connectivity index (χ2v) is 7.21. The van der Waals surface area contributed by atoms with Crippen molar-refractivity contribution in [3.05, 3.63) is 45.1 Å². The average Bonchev–Trinajstić information content (AvgIpc) is 2.94. The summed E-state index contributed by atoms with van der Waals surface area (Å²) in [5.41, 5.74) is 3.70. The summed E-state index contributed by atoms with van der Waals surface area (Å²) in [4.78, 5) is 24.7. The van der Waals surface area contributed by atoms with E-state index in [4.69, 9.17) is 18.9 Å². The number of methoxy groups -OCH3 is 4.